The second kappa shape index (κ2) is 12.5. The molecule has 2 unspecified atom stereocenters. The fourth-order valence-electron chi connectivity index (χ4n) is 4.10. The average molecular weight is 506 g/mol. The Morgan fingerprint density at radius 1 is 1.03 bits per heavy atom. The molecular weight excluding hydrogens is 474 g/mol. The number of carbonyl (C=O) groups excluding carboxylic acids is 1. The molecule has 1 aliphatic heterocycles. The lowest BCUT2D eigenvalue weighted by molar-refractivity contribution is -0.122. The van der Waals surface area contributed by atoms with Gasteiger partial charge < -0.3 is 9.64 Å². The summed E-state index contributed by atoms with van der Waals surface area (Å²) in [5, 5.41) is 4.84. The number of halogens is 1. The fraction of sp³-hybridized carbons (Fsp3) is 0.286. The van der Waals surface area contributed by atoms with E-state index in [-0.39, 0.29) is 18.0 Å². The molecule has 1 heterocycles. The zero-order chi connectivity index (χ0) is 25.3. The average Bonchev–Trinajstić information content (AvgIpc) is 3.41. The van der Waals surface area contributed by atoms with Crippen molar-refractivity contribution in [3.63, 3.8) is 0 Å². The highest BCUT2D eigenvalue weighted by Crippen LogP contribution is 2.25. The van der Waals surface area contributed by atoms with Gasteiger partial charge in [-0.1, -0.05) is 48.0 Å². The van der Waals surface area contributed by atoms with E-state index in [1.807, 2.05) is 60.7 Å². The van der Waals surface area contributed by atoms with Crippen molar-refractivity contribution in [3.8, 4) is 5.75 Å². The van der Waals surface area contributed by atoms with Gasteiger partial charge in [-0.25, -0.2) is 16.3 Å². The standard InChI is InChI=1S/C28H32ClN5O2/c1-3-34(4-2)24-13-7-20(8-14-24)18-30-33-28(35)27-17-26(31-32-27)22-9-15-25(16-10-22)36-19-21-5-11-23(29)12-6-21/h5-16,18,26-27,31-32H,3-4,17,19H2,1-2H3,(H,33,35)/b30-18+. The van der Waals surface area contributed by atoms with Gasteiger partial charge in [0.2, 0.25) is 0 Å². The van der Waals surface area contributed by atoms with Gasteiger partial charge in [-0.15, -0.1) is 0 Å². The minimum absolute atomic E-state index is 0.0164. The first-order valence-corrected chi connectivity index (χ1v) is 12.6. The van der Waals surface area contributed by atoms with Crippen LogP contribution in [-0.2, 0) is 11.4 Å². The molecule has 2 atom stereocenters. The van der Waals surface area contributed by atoms with E-state index in [0.29, 0.717) is 18.1 Å². The van der Waals surface area contributed by atoms with Crippen LogP contribution in [0.2, 0.25) is 5.02 Å². The maximum Gasteiger partial charge on any atom is 0.258 e. The van der Waals surface area contributed by atoms with Gasteiger partial charge in [0.05, 0.1) is 6.21 Å². The third-order valence-corrected chi connectivity index (χ3v) is 6.48. The molecule has 3 aromatic rings. The molecule has 1 fully saturated rings. The number of hydrogen-bond acceptors (Lipinski definition) is 6. The quantitative estimate of drug-likeness (QED) is 0.272. The molecule has 1 amide bonds. The summed E-state index contributed by atoms with van der Waals surface area (Å²) in [7, 11) is 0. The molecule has 188 valence electrons. The maximum atomic E-state index is 12.6. The number of ether oxygens (including phenoxy) is 1. The van der Waals surface area contributed by atoms with Crippen molar-refractivity contribution in [2.45, 2.75) is 39.0 Å². The van der Waals surface area contributed by atoms with Gasteiger partial charge in [0.25, 0.3) is 5.91 Å². The predicted molar refractivity (Wildman–Crippen MR) is 145 cm³/mol. The summed E-state index contributed by atoms with van der Waals surface area (Å²) in [5.74, 6) is 0.609. The molecule has 7 nitrogen and oxygen atoms in total. The lowest BCUT2D eigenvalue weighted by Gasteiger charge is -2.20. The molecule has 0 spiro atoms. The molecule has 0 radical (unpaired) electrons. The van der Waals surface area contributed by atoms with E-state index >= 15 is 0 Å². The summed E-state index contributed by atoms with van der Waals surface area (Å²) >= 11 is 5.93. The number of hydrazone groups is 1. The highest BCUT2D eigenvalue weighted by molar-refractivity contribution is 6.30. The van der Waals surface area contributed by atoms with E-state index in [2.05, 4.69) is 52.3 Å². The smallest absolute Gasteiger partial charge is 0.258 e. The number of hydrogen-bond donors (Lipinski definition) is 3. The summed E-state index contributed by atoms with van der Waals surface area (Å²) in [4.78, 5) is 14.8. The van der Waals surface area contributed by atoms with Crippen molar-refractivity contribution < 1.29 is 9.53 Å². The van der Waals surface area contributed by atoms with Gasteiger partial charge in [-0.05, 0) is 73.4 Å². The Labute approximate surface area is 217 Å². The molecule has 0 aliphatic carbocycles. The van der Waals surface area contributed by atoms with Crippen molar-refractivity contribution in [2.24, 2.45) is 5.10 Å². The number of hydrazine groups is 1. The van der Waals surface area contributed by atoms with Crippen LogP contribution >= 0.6 is 11.6 Å². The molecule has 1 saturated heterocycles. The Morgan fingerprint density at radius 3 is 2.39 bits per heavy atom. The first-order valence-electron chi connectivity index (χ1n) is 12.2. The normalized spacial score (nSPS) is 17.3. The van der Waals surface area contributed by atoms with Gasteiger partial charge in [-0.3, -0.25) is 4.79 Å². The Morgan fingerprint density at radius 2 is 1.72 bits per heavy atom. The molecule has 36 heavy (non-hydrogen) atoms. The Hall–Kier alpha value is -3.39. The number of benzene rings is 3. The lowest BCUT2D eigenvalue weighted by atomic mass is 10.0. The topological polar surface area (TPSA) is 78.0 Å². The van der Waals surface area contributed by atoms with E-state index in [9.17, 15) is 4.79 Å². The van der Waals surface area contributed by atoms with Crippen LogP contribution in [-0.4, -0.2) is 31.3 Å². The van der Waals surface area contributed by atoms with Crippen molar-refractivity contribution in [1.29, 1.82) is 0 Å². The number of anilines is 1. The van der Waals surface area contributed by atoms with Crippen LogP contribution in [0, 0.1) is 0 Å². The third-order valence-electron chi connectivity index (χ3n) is 6.23. The first kappa shape index (κ1) is 25.7. The molecule has 0 bridgehead atoms. The van der Waals surface area contributed by atoms with E-state index in [1.165, 1.54) is 5.69 Å². The van der Waals surface area contributed by atoms with E-state index in [0.717, 1.165) is 35.5 Å². The molecule has 0 saturated carbocycles. The second-order valence-electron chi connectivity index (χ2n) is 8.61. The Kier molecular flexibility index (Phi) is 8.95. The summed E-state index contributed by atoms with van der Waals surface area (Å²) in [6.45, 7) is 6.68. The second-order valence-corrected chi connectivity index (χ2v) is 9.05. The number of amides is 1. The molecule has 1 aliphatic rings. The van der Waals surface area contributed by atoms with Crippen LogP contribution in [0.3, 0.4) is 0 Å². The molecular formula is C28H32ClN5O2. The van der Waals surface area contributed by atoms with Gasteiger partial charge in [0.1, 0.15) is 18.4 Å². The minimum Gasteiger partial charge on any atom is -0.489 e. The van der Waals surface area contributed by atoms with Gasteiger partial charge >= 0.3 is 0 Å². The van der Waals surface area contributed by atoms with E-state index in [1.54, 1.807) is 6.21 Å². The van der Waals surface area contributed by atoms with Gasteiger partial charge in [-0.2, -0.15) is 5.10 Å². The lowest BCUT2D eigenvalue weighted by Crippen LogP contribution is -2.41. The van der Waals surface area contributed by atoms with Crippen molar-refractivity contribution in [2.75, 3.05) is 18.0 Å². The van der Waals surface area contributed by atoms with Crippen molar-refractivity contribution in [1.82, 2.24) is 16.3 Å². The molecule has 8 heteroatoms. The minimum atomic E-state index is -0.377. The molecule has 3 N–H and O–H groups in total. The number of rotatable bonds is 10. The maximum absolute atomic E-state index is 12.6. The molecule has 4 rings (SSSR count). The highest BCUT2D eigenvalue weighted by atomic mass is 35.5. The van der Waals surface area contributed by atoms with Gasteiger partial charge in [0.15, 0.2) is 0 Å². The fourth-order valence-corrected chi connectivity index (χ4v) is 4.22. The summed E-state index contributed by atoms with van der Waals surface area (Å²) in [6, 6.07) is 23.3. The van der Waals surface area contributed by atoms with Crippen LogP contribution in [0.5, 0.6) is 5.75 Å². The van der Waals surface area contributed by atoms with Crippen LogP contribution in [0.15, 0.2) is 77.9 Å². The van der Waals surface area contributed by atoms with Crippen LogP contribution in [0.4, 0.5) is 5.69 Å². The van der Waals surface area contributed by atoms with Crippen LogP contribution < -0.4 is 25.9 Å². The first-order chi connectivity index (χ1) is 17.6. The summed E-state index contributed by atoms with van der Waals surface area (Å²) in [5.41, 5.74) is 13.1. The van der Waals surface area contributed by atoms with Crippen molar-refractivity contribution in [3.05, 3.63) is 94.5 Å². The van der Waals surface area contributed by atoms with Gasteiger partial charge in [0, 0.05) is 29.8 Å². The van der Waals surface area contributed by atoms with Crippen molar-refractivity contribution >= 4 is 29.4 Å². The predicted octanol–water partition coefficient (Wildman–Crippen LogP) is 4.82. The summed E-state index contributed by atoms with van der Waals surface area (Å²) < 4.78 is 5.86. The zero-order valence-electron chi connectivity index (χ0n) is 20.6. The van der Waals surface area contributed by atoms with Crippen LogP contribution in [0.1, 0.15) is 43.0 Å². The van der Waals surface area contributed by atoms with E-state index < -0.39 is 0 Å². The summed E-state index contributed by atoms with van der Waals surface area (Å²) in [6.07, 6.45) is 2.28. The monoisotopic (exact) mass is 505 g/mol. The molecule has 0 aromatic heterocycles. The zero-order valence-corrected chi connectivity index (χ0v) is 21.3. The van der Waals surface area contributed by atoms with E-state index in [4.69, 9.17) is 16.3 Å². The molecule has 3 aromatic carbocycles. The number of carbonyl (C=O) groups is 1. The Bertz CT molecular complexity index is 1150. The number of nitrogens with one attached hydrogen (secondary N) is 3. The number of nitrogens with zero attached hydrogens (tertiary/aromatic N) is 2. The highest BCUT2D eigenvalue weighted by Gasteiger charge is 2.30. The third kappa shape index (κ3) is 6.85. The van der Waals surface area contributed by atoms with Crippen LogP contribution in [0.25, 0.3) is 0 Å². The Balaban J connectivity index is 1.23. The largest absolute Gasteiger partial charge is 0.489 e. The SMILES string of the molecule is CCN(CC)c1ccc(/C=N/NC(=O)C2CC(c3ccc(OCc4ccc(Cl)cc4)cc3)NN2)cc1.